The topological polar surface area (TPSA) is 51.8 Å². The first-order chi connectivity index (χ1) is 25.3. The lowest BCUT2D eigenvalue weighted by Gasteiger charge is -2.13. The smallest absolute Gasteiger partial charge is 0.164 e. The summed E-state index contributed by atoms with van der Waals surface area (Å²) in [6, 6.07) is 61.1. The highest BCUT2D eigenvalue weighted by Gasteiger charge is 2.17. The summed E-state index contributed by atoms with van der Waals surface area (Å²) in [4.78, 5) is 15.2. The Morgan fingerprint density at radius 1 is 0.314 bits per heavy atom. The van der Waals surface area contributed by atoms with Crippen molar-refractivity contribution in [2.24, 2.45) is 0 Å². The van der Waals surface area contributed by atoms with Gasteiger partial charge in [-0.25, -0.2) is 15.0 Å². The molecule has 0 aliphatic rings. The van der Waals surface area contributed by atoms with Crippen molar-refractivity contribution < 1.29 is 4.42 Å². The van der Waals surface area contributed by atoms with Crippen LogP contribution in [0.4, 0.5) is 0 Å². The standard InChI is InChI=1S/C47H29N3O/c1-2-12-32(13-3-1)45-48-46(33-24-22-31(23-25-33)37-18-10-20-43-44(37)41-17-8-9-19-42(41)51-43)50-47(49-45)40-28-27-36(38-15-6-7-16-39(38)40)35-26-21-30-11-4-5-14-34(30)29-35/h1-29H. The molecule has 8 aromatic carbocycles. The predicted molar refractivity (Wildman–Crippen MR) is 209 cm³/mol. The van der Waals surface area contributed by atoms with Crippen LogP contribution >= 0.6 is 0 Å². The van der Waals surface area contributed by atoms with E-state index in [1.54, 1.807) is 0 Å². The van der Waals surface area contributed by atoms with Gasteiger partial charge in [0.1, 0.15) is 11.2 Å². The summed E-state index contributed by atoms with van der Waals surface area (Å²) in [6.45, 7) is 0. The second-order valence-electron chi connectivity index (χ2n) is 12.8. The zero-order valence-corrected chi connectivity index (χ0v) is 27.5. The number of hydrogen-bond donors (Lipinski definition) is 0. The molecule has 2 aromatic heterocycles. The average molecular weight is 652 g/mol. The van der Waals surface area contributed by atoms with Crippen LogP contribution < -0.4 is 0 Å². The number of nitrogens with zero attached hydrogens (tertiary/aromatic N) is 3. The van der Waals surface area contributed by atoms with Crippen LogP contribution in [0.15, 0.2) is 180 Å². The fraction of sp³-hybridized carbons (Fsp3) is 0. The van der Waals surface area contributed by atoms with Crippen molar-refractivity contribution in [3.05, 3.63) is 176 Å². The molecule has 0 N–H and O–H groups in total. The summed E-state index contributed by atoms with van der Waals surface area (Å²) in [5.41, 5.74) is 9.17. The van der Waals surface area contributed by atoms with Crippen LogP contribution in [-0.2, 0) is 0 Å². The molecule has 0 fully saturated rings. The van der Waals surface area contributed by atoms with Crippen LogP contribution in [-0.4, -0.2) is 15.0 Å². The van der Waals surface area contributed by atoms with Gasteiger partial charge in [0.05, 0.1) is 0 Å². The Balaban J connectivity index is 1.11. The summed E-state index contributed by atoms with van der Waals surface area (Å²) in [5.74, 6) is 1.90. The Kier molecular flexibility index (Phi) is 6.78. The Morgan fingerprint density at radius 2 is 0.882 bits per heavy atom. The van der Waals surface area contributed by atoms with Crippen molar-refractivity contribution >= 4 is 43.5 Å². The molecule has 2 heterocycles. The third kappa shape index (κ3) is 5.04. The van der Waals surface area contributed by atoms with Crippen LogP contribution in [0.25, 0.3) is 99.9 Å². The maximum absolute atomic E-state index is 6.17. The van der Waals surface area contributed by atoms with Crippen molar-refractivity contribution in [2.75, 3.05) is 0 Å². The molecule has 4 heteroatoms. The predicted octanol–water partition coefficient (Wildman–Crippen LogP) is 12.4. The van der Waals surface area contributed by atoms with Gasteiger partial charge in [-0.3, -0.25) is 0 Å². The number of para-hydroxylation sites is 1. The monoisotopic (exact) mass is 651 g/mol. The number of furan rings is 1. The molecule has 0 bridgehead atoms. The van der Waals surface area contributed by atoms with Gasteiger partial charge in [-0.1, -0.05) is 152 Å². The van der Waals surface area contributed by atoms with Crippen LogP contribution in [0.3, 0.4) is 0 Å². The molecule has 4 nitrogen and oxygen atoms in total. The molecule has 0 spiro atoms. The molecule has 51 heavy (non-hydrogen) atoms. The molecule has 0 unspecified atom stereocenters. The molecule has 10 rings (SSSR count). The van der Waals surface area contributed by atoms with E-state index in [1.165, 1.54) is 21.9 Å². The van der Waals surface area contributed by atoms with Crippen molar-refractivity contribution in [1.29, 1.82) is 0 Å². The summed E-state index contributed by atoms with van der Waals surface area (Å²) in [5, 5.41) is 6.93. The van der Waals surface area contributed by atoms with E-state index in [-0.39, 0.29) is 0 Å². The molecule has 0 radical (unpaired) electrons. The lowest BCUT2D eigenvalue weighted by Crippen LogP contribution is -2.00. The quantitative estimate of drug-likeness (QED) is 0.186. The van der Waals surface area contributed by atoms with E-state index in [0.29, 0.717) is 17.5 Å². The zero-order valence-electron chi connectivity index (χ0n) is 27.5. The van der Waals surface area contributed by atoms with Gasteiger partial charge in [-0.05, 0) is 68.1 Å². The summed E-state index contributed by atoms with van der Waals surface area (Å²) >= 11 is 0. The maximum Gasteiger partial charge on any atom is 0.164 e. The SMILES string of the molecule is c1ccc(-c2nc(-c3ccc(-c4cccc5oc6ccccc6c45)cc3)nc(-c3ccc(-c4ccc5ccccc5c4)c4ccccc34)n2)cc1. The van der Waals surface area contributed by atoms with E-state index in [0.717, 1.165) is 60.5 Å². The van der Waals surface area contributed by atoms with E-state index in [4.69, 9.17) is 19.4 Å². The molecule has 0 saturated heterocycles. The van der Waals surface area contributed by atoms with Crippen LogP contribution in [0.5, 0.6) is 0 Å². The van der Waals surface area contributed by atoms with E-state index in [9.17, 15) is 0 Å². The molecule has 0 aliphatic carbocycles. The van der Waals surface area contributed by atoms with Crippen molar-refractivity contribution in [3.8, 4) is 56.4 Å². The molecule has 238 valence electrons. The first-order valence-electron chi connectivity index (χ1n) is 17.1. The van der Waals surface area contributed by atoms with Gasteiger partial charge in [0.15, 0.2) is 17.5 Å². The highest BCUT2D eigenvalue weighted by atomic mass is 16.3. The number of fused-ring (bicyclic) bond motifs is 5. The Hall–Kier alpha value is -6.91. The van der Waals surface area contributed by atoms with E-state index in [1.807, 2.05) is 54.6 Å². The van der Waals surface area contributed by atoms with Gasteiger partial charge in [0.25, 0.3) is 0 Å². The van der Waals surface area contributed by atoms with E-state index < -0.39 is 0 Å². The third-order valence-corrected chi connectivity index (χ3v) is 9.75. The van der Waals surface area contributed by atoms with Crippen molar-refractivity contribution in [3.63, 3.8) is 0 Å². The highest BCUT2D eigenvalue weighted by Crippen LogP contribution is 2.39. The molecular formula is C47H29N3O. The molecule has 0 saturated carbocycles. The average Bonchev–Trinajstić information content (AvgIpc) is 3.60. The molecule has 10 aromatic rings. The van der Waals surface area contributed by atoms with Crippen LogP contribution in [0.1, 0.15) is 0 Å². The van der Waals surface area contributed by atoms with Crippen LogP contribution in [0, 0.1) is 0 Å². The normalized spacial score (nSPS) is 11.5. The van der Waals surface area contributed by atoms with Gasteiger partial charge in [-0.2, -0.15) is 0 Å². The number of aromatic nitrogens is 3. The molecule has 0 atom stereocenters. The number of hydrogen-bond acceptors (Lipinski definition) is 4. The lowest BCUT2D eigenvalue weighted by atomic mass is 9.93. The fourth-order valence-corrected chi connectivity index (χ4v) is 7.26. The van der Waals surface area contributed by atoms with Gasteiger partial charge in [0.2, 0.25) is 0 Å². The maximum atomic E-state index is 6.17. The minimum absolute atomic E-state index is 0.625. The van der Waals surface area contributed by atoms with Crippen molar-refractivity contribution in [2.45, 2.75) is 0 Å². The minimum atomic E-state index is 0.625. The van der Waals surface area contributed by atoms with E-state index >= 15 is 0 Å². The Bertz CT molecular complexity index is 2910. The molecule has 0 aliphatic heterocycles. The summed E-state index contributed by atoms with van der Waals surface area (Å²) < 4.78 is 6.17. The molecular weight excluding hydrogens is 623 g/mol. The summed E-state index contributed by atoms with van der Waals surface area (Å²) in [7, 11) is 0. The Morgan fingerprint density at radius 3 is 1.69 bits per heavy atom. The van der Waals surface area contributed by atoms with Gasteiger partial charge in [0, 0.05) is 27.5 Å². The number of benzene rings is 8. The second kappa shape index (κ2) is 11.9. The van der Waals surface area contributed by atoms with Crippen LogP contribution in [0.2, 0.25) is 0 Å². The van der Waals surface area contributed by atoms with Gasteiger partial charge >= 0.3 is 0 Å². The summed E-state index contributed by atoms with van der Waals surface area (Å²) in [6.07, 6.45) is 0. The lowest BCUT2D eigenvalue weighted by molar-refractivity contribution is 0.669. The largest absolute Gasteiger partial charge is 0.456 e. The minimum Gasteiger partial charge on any atom is -0.456 e. The Labute approximate surface area is 294 Å². The molecule has 0 amide bonds. The number of rotatable bonds is 5. The highest BCUT2D eigenvalue weighted by molar-refractivity contribution is 6.12. The van der Waals surface area contributed by atoms with Gasteiger partial charge in [-0.15, -0.1) is 0 Å². The third-order valence-electron chi connectivity index (χ3n) is 9.75. The first-order valence-corrected chi connectivity index (χ1v) is 17.1. The fourth-order valence-electron chi connectivity index (χ4n) is 7.26. The zero-order chi connectivity index (χ0) is 33.7. The van der Waals surface area contributed by atoms with Crippen molar-refractivity contribution in [1.82, 2.24) is 15.0 Å². The first kappa shape index (κ1) is 29.0. The second-order valence-corrected chi connectivity index (χ2v) is 12.8. The van der Waals surface area contributed by atoms with E-state index in [2.05, 4.69) is 121 Å². The van der Waals surface area contributed by atoms with Gasteiger partial charge < -0.3 is 4.42 Å².